The minimum atomic E-state index is 0.507. The first-order chi connectivity index (χ1) is 9.97. The Hall–Kier alpha value is -1.09. The molecular weight excluding hydrogens is 258 g/mol. The van der Waals surface area contributed by atoms with Crippen LogP contribution in [0.5, 0.6) is 0 Å². The van der Waals surface area contributed by atoms with Crippen LogP contribution in [0.3, 0.4) is 0 Å². The molecule has 1 aromatic heterocycles. The average Bonchev–Trinajstić information content (AvgIpc) is 2.44. The first-order valence-corrected chi connectivity index (χ1v) is 8.45. The van der Waals surface area contributed by atoms with Gasteiger partial charge in [0, 0.05) is 30.9 Å². The number of unbranched alkanes of at least 4 members (excludes halogenated alkanes) is 1. The third-order valence-electron chi connectivity index (χ3n) is 3.88. The van der Waals surface area contributed by atoms with Crippen molar-refractivity contribution in [2.45, 2.75) is 79.4 Å². The molecule has 0 aliphatic heterocycles. The van der Waals surface area contributed by atoms with E-state index in [-0.39, 0.29) is 0 Å². The van der Waals surface area contributed by atoms with Crippen LogP contribution in [0.15, 0.2) is 12.1 Å². The van der Waals surface area contributed by atoms with Gasteiger partial charge < -0.3 is 10.2 Å². The third kappa shape index (κ3) is 6.04. The molecule has 0 fully saturated rings. The van der Waals surface area contributed by atoms with Crippen molar-refractivity contribution in [2.24, 2.45) is 0 Å². The molecule has 0 aromatic carbocycles. The van der Waals surface area contributed by atoms with Crippen LogP contribution in [-0.2, 0) is 6.54 Å². The summed E-state index contributed by atoms with van der Waals surface area (Å²) >= 11 is 0. The van der Waals surface area contributed by atoms with Crippen molar-refractivity contribution in [1.82, 2.24) is 10.3 Å². The van der Waals surface area contributed by atoms with Gasteiger partial charge in [-0.25, -0.2) is 4.98 Å². The summed E-state index contributed by atoms with van der Waals surface area (Å²) in [6.07, 6.45) is 3.60. The van der Waals surface area contributed by atoms with Crippen LogP contribution in [0.25, 0.3) is 0 Å². The Balaban J connectivity index is 2.95. The maximum atomic E-state index is 4.78. The average molecular weight is 291 g/mol. The molecule has 3 nitrogen and oxygen atoms in total. The Labute approximate surface area is 131 Å². The number of aromatic nitrogens is 1. The molecule has 1 heterocycles. The molecule has 0 aliphatic carbocycles. The van der Waals surface area contributed by atoms with Crippen LogP contribution in [0, 0.1) is 6.92 Å². The highest BCUT2D eigenvalue weighted by molar-refractivity contribution is 5.43. The zero-order chi connectivity index (χ0) is 15.8. The first kappa shape index (κ1) is 18.0. The standard InChI is InChI=1S/C18H33N3/c1-7-9-10-21(16(6)8-2)18-12-17(11-15(5)20-18)13-19-14(3)4/h11-12,14,16,19H,7-10,13H2,1-6H3. The van der Waals surface area contributed by atoms with E-state index in [1.54, 1.807) is 0 Å². The summed E-state index contributed by atoms with van der Waals surface area (Å²) in [5, 5.41) is 3.50. The number of hydrogen-bond acceptors (Lipinski definition) is 3. The molecule has 0 radical (unpaired) electrons. The van der Waals surface area contributed by atoms with Crippen molar-refractivity contribution in [1.29, 1.82) is 0 Å². The largest absolute Gasteiger partial charge is 0.354 e. The lowest BCUT2D eigenvalue weighted by molar-refractivity contribution is 0.580. The number of pyridine rings is 1. The van der Waals surface area contributed by atoms with Gasteiger partial charge in [-0.2, -0.15) is 0 Å². The van der Waals surface area contributed by atoms with E-state index in [0.717, 1.165) is 31.0 Å². The van der Waals surface area contributed by atoms with Gasteiger partial charge in [-0.3, -0.25) is 0 Å². The van der Waals surface area contributed by atoms with Crippen LogP contribution in [-0.4, -0.2) is 23.6 Å². The second-order valence-electron chi connectivity index (χ2n) is 6.31. The van der Waals surface area contributed by atoms with Crippen LogP contribution in [0.1, 0.15) is 65.1 Å². The van der Waals surface area contributed by atoms with Gasteiger partial charge in [-0.1, -0.05) is 34.1 Å². The molecule has 0 saturated carbocycles. The van der Waals surface area contributed by atoms with Crippen molar-refractivity contribution in [3.05, 3.63) is 23.4 Å². The lowest BCUT2D eigenvalue weighted by Gasteiger charge is -2.30. The molecular formula is C18H33N3. The second kappa shape index (κ2) is 9.04. The summed E-state index contributed by atoms with van der Waals surface area (Å²) < 4.78 is 0. The number of aryl methyl sites for hydroxylation is 1. The Kier molecular flexibility index (Phi) is 7.73. The number of nitrogens with one attached hydrogen (secondary N) is 1. The van der Waals surface area contributed by atoms with Gasteiger partial charge in [0.05, 0.1) is 0 Å². The molecule has 0 amide bonds. The molecule has 0 spiro atoms. The van der Waals surface area contributed by atoms with Gasteiger partial charge in [0.25, 0.3) is 0 Å². The van der Waals surface area contributed by atoms with E-state index < -0.39 is 0 Å². The van der Waals surface area contributed by atoms with Gasteiger partial charge in [-0.05, 0) is 44.4 Å². The topological polar surface area (TPSA) is 28.2 Å². The summed E-state index contributed by atoms with van der Waals surface area (Å²) in [5.74, 6) is 1.14. The van der Waals surface area contributed by atoms with Gasteiger partial charge in [0.1, 0.15) is 5.82 Å². The van der Waals surface area contributed by atoms with Gasteiger partial charge in [0.2, 0.25) is 0 Å². The second-order valence-corrected chi connectivity index (χ2v) is 6.31. The van der Waals surface area contributed by atoms with Crippen LogP contribution in [0.2, 0.25) is 0 Å². The van der Waals surface area contributed by atoms with E-state index in [4.69, 9.17) is 4.98 Å². The van der Waals surface area contributed by atoms with Crippen LogP contribution >= 0.6 is 0 Å². The molecule has 1 atom stereocenters. The maximum Gasteiger partial charge on any atom is 0.129 e. The molecule has 3 heteroatoms. The minimum absolute atomic E-state index is 0.507. The van der Waals surface area contributed by atoms with Crippen LogP contribution < -0.4 is 10.2 Å². The quantitative estimate of drug-likeness (QED) is 0.735. The molecule has 0 saturated heterocycles. The third-order valence-corrected chi connectivity index (χ3v) is 3.88. The molecule has 1 unspecified atom stereocenters. The van der Waals surface area contributed by atoms with E-state index in [0.29, 0.717) is 12.1 Å². The lowest BCUT2D eigenvalue weighted by atomic mass is 10.1. The number of hydrogen-bond donors (Lipinski definition) is 1. The predicted molar refractivity (Wildman–Crippen MR) is 93.0 cm³/mol. The van der Waals surface area contributed by atoms with E-state index in [9.17, 15) is 0 Å². The van der Waals surface area contributed by atoms with E-state index >= 15 is 0 Å². The zero-order valence-corrected chi connectivity index (χ0v) is 14.7. The summed E-state index contributed by atoms with van der Waals surface area (Å²) in [6, 6.07) is 5.49. The molecule has 0 bridgehead atoms. The Morgan fingerprint density at radius 1 is 1.19 bits per heavy atom. The molecule has 21 heavy (non-hydrogen) atoms. The van der Waals surface area contributed by atoms with E-state index in [1.165, 1.54) is 18.4 Å². The van der Waals surface area contributed by atoms with Crippen molar-refractivity contribution in [3.63, 3.8) is 0 Å². The molecule has 1 aromatic rings. The van der Waals surface area contributed by atoms with Gasteiger partial charge in [-0.15, -0.1) is 0 Å². The SMILES string of the molecule is CCCCN(c1cc(CNC(C)C)cc(C)n1)C(C)CC. The van der Waals surface area contributed by atoms with Gasteiger partial charge in [0.15, 0.2) is 0 Å². The molecule has 0 aliphatic rings. The lowest BCUT2D eigenvalue weighted by Crippen LogP contribution is -2.34. The van der Waals surface area contributed by atoms with Gasteiger partial charge >= 0.3 is 0 Å². The zero-order valence-electron chi connectivity index (χ0n) is 14.7. The smallest absolute Gasteiger partial charge is 0.129 e. The van der Waals surface area contributed by atoms with Crippen molar-refractivity contribution in [2.75, 3.05) is 11.4 Å². The summed E-state index contributed by atoms with van der Waals surface area (Å²) in [6.45, 7) is 15.3. The Bertz CT molecular complexity index is 415. The molecule has 1 N–H and O–H groups in total. The number of rotatable bonds is 9. The van der Waals surface area contributed by atoms with Crippen molar-refractivity contribution < 1.29 is 0 Å². The van der Waals surface area contributed by atoms with Crippen molar-refractivity contribution >= 4 is 5.82 Å². The highest BCUT2D eigenvalue weighted by Gasteiger charge is 2.15. The number of nitrogens with zero attached hydrogens (tertiary/aromatic N) is 2. The highest BCUT2D eigenvalue weighted by Crippen LogP contribution is 2.20. The Morgan fingerprint density at radius 3 is 2.48 bits per heavy atom. The van der Waals surface area contributed by atoms with E-state index in [2.05, 4.69) is 63.9 Å². The maximum absolute atomic E-state index is 4.78. The number of anilines is 1. The van der Waals surface area contributed by atoms with E-state index in [1.807, 2.05) is 0 Å². The summed E-state index contributed by atoms with van der Waals surface area (Å²) in [5.41, 5.74) is 2.44. The monoisotopic (exact) mass is 291 g/mol. The normalized spacial score (nSPS) is 12.7. The predicted octanol–water partition coefficient (Wildman–Crippen LogP) is 4.29. The summed E-state index contributed by atoms with van der Waals surface area (Å²) in [4.78, 5) is 7.25. The summed E-state index contributed by atoms with van der Waals surface area (Å²) in [7, 11) is 0. The fraction of sp³-hybridized carbons (Fsp3) is 0.722. The highest BCUT2D eigenvalue weighted by atomic mass is 15.2. The molecule has 1 rings (SSSR count). The molecule has 120 valence electrons. The Morgan fingerprint density at radius 2 is 1.90 bits per heavy atom. The van der Waals surface area contributed by atoms with Crippen LogP contribution in [0.4, 0.5) is 5.82 Å². The van der Waals surface area contributed by atoms with Crippen molar-refractivity contribution in [3.8, 4) is 0 Å². The first-order valence-electron chi connectivity index (χ1n) is 8.45. The fourth-order valence-electron chi connectivity index (χ4n) is 2.40. The fourth-order valence-corrected chi connectivity index (χ4v) is 2.40. The minimum Gasteiger partial charge on any atom is -0.354 e.